The van der Waals surface area contributed by atoms with Crippen LogP contribution >= 0.6 is 0 Å². The summed E-state index contributed by atoms with van der Waals surface area (Å²) in [6, 6.07) is 1.53. The lowest BCUT2D eigenvalue weighted by Crippen LogP contribution is -1.76. The van der Waals surface area contributed by atoms with E-state index in [0.29, 0.717) is 17.6 Å². The number of rotatable bonds is 2. The zero-order chi connectivity index (χ0) is 7.40. The highest BCUT2D eigenvalue weighted by atomic mass is 16.3. The molecule has 1 heterocycles. The highest BCUT2D eigenvalue weighted by Crippen LogP contribution is 2.08. The van der Waals surface area contributed by atoms with Crippen LogP contribution < -0.4 is 0 Å². The summed E-state index contributed by atoms with van der Waals surface area (Å²) in [5.74, 6) is 0.373. The fourth-order valence-corrected chi connectivity index (χ4v) is 0.631. The van der Waals surface area contributed by atoms with E-state index >= 15 is 0 Å². The summed E-state index contributed by atoms with van der Waals surface area (Å²) in [5.41, 5.74) is 0.435. The van der Waals surface area contributed by atoms with Crippen LogP contribution in [0.15, 0.2) is 23.0 Å². The van der Waals surface area contributed by atoms with Gasteiger partial charge in [-0.1, -0.05) is 0 Å². The average Bonchev–Trinajstić information content (AvgIpc) is 2.36. The second kappa shape index (κ2) is 2.87. The van der Waals surface area contributed by atoms with Gasteiger partial charge in [0.05, 0.1) is 18.1 Å². The predicted molar refractivity (Wildman–Crippen MR) is 35.8 cm³/mol. The molecule has 0 atom stereocenters. The molecule has 0 saturated heterocycles. The van der Waals surface area contributed by atoms with Crippen LogP contribution in [0.5, 0.6) is 0 Å². The van der Waals surface area contributed by atoms with Gasteiger partial charge in [0, 0.05) is 6.08 Å². The molecule has 1 aromatic rings. The number of hydrogen-bond donors (Lipinski definition) is 1. The largest absolute Gasteiger partial charge is 0.515 e. The highest BCUT2D eigenvalue weighted by molar-refractivity contribution is 5.79. The standard InChI is InChI=1S/C7H6O3/c8-3-1-7-6(5-9)2-4-10-7/h1-5,8H/b3-1+. The summed E-state index contributed by atoms with van der Waals surface area (Å²) >= 11 is 0. The van der Waals surface area contributed by atoms with Crippen molar-refractivity contribution in [3.05, 3.63) is 29.9 Å². The van der Waals surface area contributed by atoms with Gasteiger partial charge < -0.3 is 9.52 Å². The van der Waals surface area contributed by atoms with Gasteiger partial charge in [0.25, 0.3) is 0 Å². The monoisotopic (exact) mass is 138 g/mol. The van der Waals surface area contributed by atoms with Crippen molar-refractivity contribution < 1.29 is 14.3 Å². The maximum absolute atomic E-state index is 10.2. The van der Waals surface area contributed by atoms with Crippen molar-refractivity contribution >= 4 is 12.4 Å². The molecule has 0 aliphatic carbocycles. The van der Waals surface area contributed by atoms with Crippen LogP contribution in [0.3, 0.4) is 0 Å². The molecule has 52 valence electrons. The first-order valence-corrected chi connectivity index (χ1v) is 2.72. The van der Waals surface area contributed by atoms with Crippen LogP contribution in [0.4, 0.5) is 0 Å². The fourth-order valence-electron chi connectivity index (χ4n) is 0.631. The topological polar surface area (TPSA) is 50.4 Å². The number of aliphatic hydroxyl groups is 1. The van der Waals surface area contributed by atoms with E-state index in [1.165, 1.54) is 18.4 Å². The summed E-state index contributed by atoms with van der Waals surface area (Å²) in [4.78, 5) is 10.2. The van der Waals surface area contributed by atoms with Gasteiger partial charge in [0.1, 0.15) is 5.76 Å². The summed E-state index contributed by atoms with van der Waals surface area (Å²) in [6.07, 6.45) is 4.19. The minimum Gasteiger partial charge on any atom is -0.515 e. The first kappa shape index (κ1) is 6.61. The molecule has 1 N–H and O–H groups in total. The van der Waals surface area contributed by atoms with Crippen LogP contribution in [0.25, 0.3) is 6.08 Å². The Hall–Kier alpha value is -1.51. The highest BCUT2D eigenvalue weighted by Gasteiger charge is 1.99. The molecule has 0 aliphatic rings. The van der Waals surface area contributed by atoms with Crippen molar-refractivity contribution in [3.63, 3.8) is 0 Å². The van der Waals surface area contributed by atoms with Crippen LogP contribution in [-0.2, 0) is 0 Å². The summed E-state index contributed by atoms with van der Waals surface area (Å²) in [6.45, 7) is 0. The number of carbonyl (C=O) groups is 1. The first-order valence-electron chi connectivity index (χ1n) is 2.72. The first-order chi connectivity index (χ1) is 4.88. The maximum Gasteiger partial charge on any atom is 0.153 e. The minimum absolute atomic E-state index is 0.373. The van der Waals surface area contributed by atoms with Gasteiger partial charge >= 0.3 is 0 Å². The van der Waals surface area contributed by atoms with Gasteiger partial charge in [-0.15, -0.1) is 0 Å². The molecule has 0 radical (unpaired) electrons. The second-order valence-corrected chi connectivity index (χ2v) is 1.67. The smallest absolute Gasteiger partial charge is 0.153 e. The van der Waals surface area contributed by atoms with Crippen LogP contribution in [0.1, 0.15) is 16.1 Å². The predicted octanol–water partition coefficient (Wildman–Crippen LogP) is 1.62. The van der Waals surface area contributed by atoms with E-state index in [1.807, 2.05) is 0 Å². The van der Waals surface area contributed by atoms with Crippen molar-refractivity contribution in [2.24, 2.45) is 0 Å². The molecular formula is C7H6O3. The molecule has 3 heteroatoms. The molecule has 0 spiro atoms. The van der Waals surface area contributed by atoms with Gasteiger partial charge in [-0.3, -0.25) is 4.79 Å². The molecule has 3 nitrogen and oxygen atoms in total. The Labute approximate surface area is 57.6 Å². The average molecular weight is 138 g/mol. The molecule has 0 saturated carbocycles. The molecule has 0 aliphatic heterocycles. The van der Waals surface area contributed by atoms with Crippen LogP contribution in [0, 0.1) is 0 Å². The van der Waals surface area contributed by atoms with Gasteiger partial charge in [0.15, 0.2) is 6.29 Å². The molecule has 1 aromatic heterocycles. The Kier molecular flexibility index (Phi) is 1.89. The summed E-state index contributed by atoms with van der Waals surface area (Å²) in [5, 5.41) is 8.30. The lowest BCUT2D eigenvalue weighted by molar-refractivity contribution is 0.112. The fraction of sp³-hybridized carbons (Fsp3) is 0. The summed E-state index contributed by atoms with van der Waals surface area (Å²) in [7, 11) is 0. The molecular weight excluding hydrogens is 132 g/mol. The number of aldehydes is 1. The van der Waals surface area contributed by atoms with Crippen molar-refractivity contribution in [2.75, 3.05) is 0 Å². The van der Waals surface area contributed by atoms with E-state index in [0.717, 1.165) is 6.26 Å². The van der Waals surface area contributed by atoms with Gasteiger partial charge in [-0.2, -0.15) is 0 Å². The lowest BCUT2D eigenvalue weighted by Gasteiger charge is -1.82. The molecule has 0 bridgehead atoms. The third kappa shape index (κ3) is 1.07. The summed E-state index contributed by atoms with van der Waals surface area (Å²) < 4.78 is 4.82. The molecule has 10 heavy (non-hydrogen) atoms. The number of aliphatic hydroxyl groups excluding tert-OH is 1. The Morgan fingerprint density at radius 3 is 3.00 bits per heavy atom. The zero-order valence-corrected chi connectivity index (χ0v) is 5.15. The SMILES string of the molecule is O=Cc1ccoc1/C=C/O. The Bertz CT molecular complexity index is 247. The Morgan fingerprint density at radius 1 is 1.60 bits per heavy atom. The molecule has 1 rings (SSSR count). The van der Waals surface area contributed by atoms with E-state index in [1.54, 1.807) is 0 Å². The van der Waals surface area contributed by atoms with Crippen LogP contribution in [0.2, 0.25) is 0 Å². The van der Waals surface area contributed by atoms with Gasteiger partial charge in [0.2, 0.25) is 0 Å². The normalized spacial score (nSPS) is 10.4. The van der Waals surface area contributed by atoms with Crippen molar-refractivity contribution in [2.45, 2.75) is 0 Å². The van der Waals surface area contributed by atoms with E-state index in [2.05, 4.69) is 0 Å². The molecule has 0 unspecified atom stereocenters. The van der Waals surface area contributed by atoms with E-state index in [9.17, 15) is 4.79 Å². The van der Waals surface area contributed by atoms with Crippen molar-refractivity contribution in [1.82, 2.24) is 0 Å². The van der Waals surface area contributed by atoms with E-state index in [-0.39, 0.29) is 0 Å². The van der Waals surface area contributed by atoms with E-state index in [4.69, 9.17) is 9.52 Å². The van der Waals surface area contributed by atoms with Crippen molar-refractivity contribution in [1.29, 1.82) is 0 Å². The quantitative estimate of drug-likeness (QED) is 0.499. The minimum atomic E-state index is 0.373. The third-order valence-electron chi connectivity index (χ3n) is 1.08. The number of hydrogen-bond acceptors (Lipinski definition) is 3. The van der Waals surface area contributed by atoms with E-state index < -0.39 is 0 Å². The van der Waals surface area contributed by atoms with Crippen LogP contribution in [-0.4, -0.2) is 11.4 Å². The molecule has 0 amide bonds. The Balaban J connectivity index is 3.00. The number of furan rings is 1. The van der Waals surface area contributed by atoms with Gasteiger partial charge in [-0.05, 0) is 6.07 Å². The Morgan fingerprint density at radius 2 is 2.40 bits per heavy atom. The second-order valence-electron chi connectivity index (χ2n) is 1.67. The zero-order valence-electron chi connectivity index (χ0n) is 5.15. The third-order valence-corrected chi connectivity index (χ3v) is 1.08. The number of carbonyl (C=O) groups excluding carboxylic acids is 1. The lowest BCUT2D eigenvalue weighted by atomic mass is 10.3. The molecule has 0 aromatic carbocycles. The molecule has 0 fully saturated rings. The van der Waals surface area contributed by atoms with Crippen molar-refractivity contribution in [3.8, 4) is 0 Å². The maximum atomic E-state index is 10.2. The van der Waals surface area contributed by atoms with Gasteiger partial charge in [-0.25, -0.2) is 0 Å².